The van der Waals surface area contributed by atoms with Crippen LogP contribution < -0.4 is 16.2 Å². The average Bonchev–Trinajstić information content (AvgIpc) is 3.57. The van der Waals surface area contributed by atoms with Crippen molar-refractivity contribution < 1.29 is 27.9 Å². The molecule has 37 heavy (non-hydrogen) atoms. The Balaban J connectivity index is 1.33. The monoisotopic (exact) mass is 530 g/mol. The number of aliphatic hydroxyl groups is 2. The predicted molar refractivity (Wildman–Crippen MR) is 131 cm³/mol. The van der Waals surface area contributed by atoms with E-state index < -0.39 is 34.6 Å². The highest BCUT2D eigenvalue weighted by atomic mass is 32.2. The van der Waals surface area contributed by atoms with Crippen LogP contribution in [0.4, 0.5) is 11.8 Å². The maximum Gasteiger partial charge on any atom is 0.238 e. The number of rotatable bonds is 8. The number of imidazole rings is 1. The number of nitrogens with zero attached hydrogens (tertiary/aromatic N) is 5. The summed E-state index contributed by atoms with van der Waals surface area (Å²) in [5.74, 6) is 0.653. The lowest BCUT2D eigenvalue weighted by molar-refractivity contribution is -0.0434. The van der Waals surface area contributed by atoms with Gasteiger partial charge in [-0.15, -0.1) is 0 Å². The minimum atomic E-state index is -3.75. The Kier molecular flexibility index (Phi) is 6.55. The number of nitrogen functional groups attached to an aromatic ring is 1. The first kappa shape index (κ1) is 25.0. The number of ether oxygens (including phenoxy) is 1. The Hall–Kier alpha value is -3.63. The van der Waals surface area contributed by atoms with Crippen LogP contribution in [0.5, 0.6) is 0 Å². The molecular formula is C22H26N8O6S. The SMILES string of the molecule is CCc1cc([C@H]2O[C@@H](n3cnc4c(N)nc(NCCc5ccc(S(N)(=O)=O)cc5)nc43)[C@H](O)[C@@H]2O)on1. The summed E-state index contributed by atoms with van der Waals surface area (Å²) >= 11 is 0. The molecule has 0 saturated carbocycles. The normalized spacial score (nSPS) is 22.1. The summed E-state index contributed by atoms with van der Waals surface area (Å²) in [7, 11) is -3.75. The fourth-order valence-electron chi connectivity index (χ4n) is 4.12. The van der Waals surface area contributed by atoms with Crippen LogP contribution in [-0.2, 0) is 27.6 Å². The Bertz CT molecular complexity index is 1520. The van der Waals surface area contributed by atoms with Gasteiger partial charge >= 0.3 is 0 Å². The van der Waals surface area contributed by atoms with E-state index in [4.69, 9.17) is 20.1 Å². The quantitative estimate of drug-likeness (QED) is 0.207. The summed E-state index contributed by atoms with van der Waals surface area (Å²) in [6.07, 6.45) is -1.91. The maximum absolute atomic E-state index is 11.4. The number of aliphatic hydroxyl groups excluding tert-OH is 2. The number of benzene rings is 1. The highest BCUT2D eigenvalue weighted by molar-refractivity contribution is 7.89. The van der Waals surface area contributed by atoms with Crippen LogP contribution in [0, 0.1) is 0 Å². The van der Waals surface area contributed by atoms with Crippen molar-refractivity contribution in [2.24, 2.45) is 5.14 Å². The number of nitrogens with two attached hydrogens (primary N) is 2. The van der Waals surface area contributed by atoms with Crippen molar-refractivity contribution >= 4 is 33.0 Å². The molecule has 4 atom stereocenters. The largest absolute Gasteiger partial charge is 0.387 e. The molecule has 196 valence electrons. The summed E-state index contributed by atoms with van der Waals surface area (Å²) in [6, 6.07) is 7.92. The van der Waals surface area contributed by atoms with Gasteiger partial charge in [-0.25, -0.2) is 18.5 Å². The minimum absolute atomic E-state index is 0.0387. The number of aryl methyl sites for hydroxylation is 1. The van der Waals surface area contributed by atoms with Gasteiger partial charge in [0.2, 0.25) is 16.0 Å². The average molecular weight is 531 g/mol. The van der Waals surface area contributed by atoms with E-state index in [1.54, 1.807) is 18.2 Å². The van der Waals surface area contributed by atoms with Gasteiger partial charge in [0.05, 0.1) is 16.9 Å². The Morgan fingerprint density at radius 1 is 1.16 bits per heavy atom. The van der Waals surface area contributed by atoms with Gasteiger partial charge in [0.15, 0.2) is 23.5 Å². The number of nitrogens with one attached hydrogen (secondary N) is 1. The van der Waals surface area contributed by atoms with Crippen LogP contribution in [0.2, 0.25) is 0 Å². The van der Waals surface area contributed by atoms with Crippen molar-refractivity contribution in [2.45, 2.75) is 49.2 Å². The molecule has 1 aliphatic heterocycles. The van der Waals surface area contributed by atoms with Crippen molar-refractivity contribution in [1.29, 1.82) is 0 Å². The van der Waals surface area contributed by atoms with Gasteiger partial charge in [0.25, 0.3) is 0 Å². The second-order valence-corrected chi connectivity index (χ2v) is 10.2. The molecule has 15 heteroatoms. The zero-order valence-corrected chi connectivity index (χ0v) is 20.5. The van der Waals surface area contributed by atoms with Crippen LogP contribution in [0.15, 0.2) is 46.1 Å². The second-order valence-electron chi connectivity index (χ2n) is 8.62. The third-order valence-corrected chi connectivity index (χ3v) is 7.06. The molecule has 0 amide bonds. The molecule has 0 unspecified atom stereocenters. The number of fused-ring (bicyclic) bond motifs is 1. The standard InChI is InChI=1S/C22H26N8O6S/c1-2-12-9-14(36-29-12)18-16(31)17(32)21(35-18)30-10-26-15-19(23)27-22(28-20(15)30)25-8-7-11-3-5-13(6-4-11)37(24,33)34/h3-6,9-10,16-18,21,31-32H,2,7-8H2,1H3,(H2,24,33,34)(H3,23,25,27,28)/t16-,17+,18+,21+/m0/s1. The van der Waals surface area contributed by atoms with Crippen molar-refractivity contribution in [3.05, 3.63) is 53.7 Å². The molecule has 1 aliphatic rings. The van der Waals surface area contributed by atoms with E-state index in [0.29, 0.717) is 42.0 Å². The molecule has 4 aromatic rings. The number of hydrogen-bond donors (Lipinski definition) is 5. The summed E-state index contributed by atoms with van der Waals surface area (Å²) in [5.41, 5.74) is 8.29. The van der Waals surface area contributed by atoms with Crippen LogP contribution in [0.1, 0.15) is 36.3 Å². The Morgan fingerprint density at radius 3 is 2.59 bits per heavy atom. The summed E-state index contributed by atoms with van der Waals surface area (Å²) in [5, 5.41) is 33.5. The third kappa shape index (κ3) is 4.86. The molecule has 0 spiro atoms. The van der Waals surface area contributed by atoms with Crippen molar-refractivity contribution in [2.75, 3.05) is 17.6 Å². The van der Waals surface area contributed by atoms with E-state index in [-0.39, 0.29) is 16.7 Å². The number of hydrogen-bond acceptors (Lipinski definition) is 12. The van der Waals surface area contributed by atoms with E-state index in [1.807, 2.05) is 6.92 Å². The molecule has 1 fully saturated rings. The molecule has 0 aliphatic carbocycles. The van der Waals surface area contributed by atoms with Gasteiger partial charge in [-0.1, -0.05) is 24.2 Å². The lowest BCUT2D eigenvalue weighted by Crippen LogP contribution is -2.29. The molecule has 1 saturated heterocycles. The topological polar surface area (TPSA) is 218 Å². The van der Waals surface area contributed by atoms with Crippen LogP contribution in [0.25, 0.3) is 11.2 Å². The highest BCUT2D eigenvalue weighted by Crippen LogP contribution is 2.40. The van der Waals surface area contributed by atoms with Crippen molar-refractivity contribution in [3.8, 4) is 0 Å². The smallest absolute Gasteiger partial charge is 0.238 e. The van der Waals surface area contributed by atoms with Gasteiger partial charge in [-0.05, 0) is 30.5 Å². The zero-order valence-electron chi connectivity index (χ0n) is 19.7. The summed E-state index contributed by atoms with van der Waals surface area (Å²) < 4.78 is 35.5. The fourth-order valence-corrected chi connectivity index (χ4v) is 4.64. The molecule has 14 nitrogen and oxygen atoms in total. The van der Waals surface area contributed by atoms with Gasteiger partial charge in [-0.2, -0.15) is 9.97 Å². The van der Waals surface area contributed by atoms with E-state index >= 15 is 0 Å². The predicted octanol–water partition coefficient (Wildman–Crippen LogP) is 0.253. The second kappa shape index (κ2) is 9.68. The number of anilines is 2. The zero-order chi connectivity index (χ0) is 26.3. The first-order valence-corrected chi connectivity index (χ1v) is 13.0. The van der Waals surface area contributed by atoms with E-state index in [0.717, 1.165) is 5.56 Å². The number of primary sulfonamides is 1. The van der Waals surface area contributed by atoms with Crippen LogP contribution in [-0.4, -0.2) is 62.1 Å². The summed E-state index contributed by atoms with van der Waals surface area (Å²) in [4.78, 5) is 13.0. The molecular weight excluding hydrogens is 504 g/mol. The third-order valence-electron chi connectivity index (χ3n) is 6.13. The molecule has 4 heterocycles. The Labute approximate surface area is 211 Å². The van der Waals surface area contributed by atoms with E-state index in [1.165, 1.54) is 23.0 Å². The van der Waals surface area contributed by atoms with Crippen molar-refractivity contribution in [3.63, 3.8) is 0 Å². The van der Waals surface area contributed by atoms with Gasteiger partial charge in [0, 0.05) is 12.6 Å². The van der Waals surface area contributed by atoms with E-state index in [2.05, 4.69) is 25.4 Å². The molecule has 7 N–H and O–H groups in total. The van der Waals surface area contributed by atoms with Crippen LogP contribution >= 0.6 is 0 Å². The number of sulfonamides is 1. The highest BCUT2D eigenvalue weighted by Gasteiger charge is 2.46. The lowest BCUT2D eigenvalue weighted by atomic mass is 10.1. The maximum atomic E-state index is 11.4. The summed E-state index contributed by atoms with van der Waals surface area (Å²) in [6.45, 7) is 2.34. The minimum Gasteiger partial charge on any atom is -0.387 e. The first-order valence-electron chi connectivity index (χ1n) is 11.5. The molecule has 0 radical (unpaired) electrons. The van der Waals surface area contributed by atoms with Gasteiger partial charge in [0.1, 0.15) is 23.8 Å². The van der Waals surface area contributed by atoms with Gasteiger partial charge in [-0.3, -0.25) is 4.57 Å². The molecule has 5 rings (SSSR count). The fraction of sp³-hybridized carbons (Fsp3) is 0.364. The number of aromatic nitrogens is 5. The van der Waals surface area contributed by atoms with E-state index in [9.17, 15) is 18.6 Å². The van der Waals surface area contributed by atoms with Gasteiger partial charge < -0.3 is 30.5 Å². The lowest BCUT2D eigenvalue weighted by Gasteiger charge is -2.16. The molecule has 1 aromatic carbocycles. The Morgan fingerprint density at radius 2 is 1.92 bits per heavy atom. The first-order chi connectivity index (χ1) is 17.7. The molecule has 0 bridgehead atoms. The van der Waals surface area contributed by atoms with Crippen LogP contribution in [0.3, 0.4) is 0 Å². The van der Waals surface area contributed by atoms with Crippen molar-refractivity contribution in [1.82, 2.24) is 24.7 Å². The molecule has 3 aromatic heterocycles.